The summed E-state index contributed by atoms with van der Waals surface area (Å²) in [5.41, 5.74) is 1.08. The van der Waals surface area contributed by atoms with Crippen LogP contribution >= 0.6 is 0 Å². The number of methoxy groups -OCH3 is 1. The zero-order chi connectivity index (χ0) is 17.5. The second-order valence-corrected chi connectivity index (χ2v) is 5.35. The molecule has 2 aromatic carbocycles. The van der Waals surface area contributed by atoms with Gasteiger partial charge < -0.3 is 10.1 Å². The average molecular weight is 329 g/mol. The fourth-order valence-corrected chi connectivity index (χ4v) is 2.31. The monoisotopic (exact) mass is 329 g/mol. The van der Waals surface area contributed by atoms with E-state index in [1.165, 1.54) is 12.1 Å². The van der Waals surface area contributed by atoms with Crippen LogP contribution in [0.4, 0.5) is 11.4 Å². The van der Waals surface area contributed by atoms with Crippen LogP contribution in [0.15, 0.2) is 48.5 Å². The first-order chi connectivity index (χ1) is 11.5. The van der Waals surface area contributed by atoms with Crippen LogP contribution in [-0.4, -0.2) is 36.4 Å². The Kier molecular flexibility index (Phi) is 5.86. The number of nitro benzene ring substituents is 1. The summed E-state index contributed by atoms with van der Waals surface area (Å²) in [4.78, 5) is 24.4. The molecule has 0 aliphatic heterocycles. The zero-order valence-electron chi connectivity index (χ0n) is 13.6. The molecule has 126 valence electrons. The molecule has 0 aliphatic rings. The number of carbonyl (C=O) groups is 1. The molecule has 1 amide bonds. The molecule has 1 N–H and O–H groups in total. The van der Waals surface area contributed by atoms with Gasteiger partial charge in [0.1, 0.15) is 11.4 Å². The summed E-state index contributed by atoms with van der Waals surface area (Å²) in [5.74, 6) is 0.444. The first kappa shape index (κ1) is 17.4. The molecule has 7 nitrogen and oxygen atoms in total. The van der Waals surface area contributed by atoms with Crippen molar-refractivity contribution in [1.29, 1.82) is 0 Å². The quantitative estimate of drug-likeness (QED) is 0.623. The molecule has 0 bridgehead atoms. The molecular formula is C17H19N3O4. The number of amides is 1. The summed E-state index contributed by atoms with van der Waals surface area (Å²) in [6, 6.07) is 13.6. The molecule has 0 saturated carbocycles. The Labute approximate surface area is 140 Å². The number of hydrogen-bond acceptors (Lipinski definition) is 5. The van der Waals surface area contributed by atoms with Gasteiger partial charge >= 0.3 is 0 Å². The summed E-state index contributed by atoms with van der Waals surface area (Å²) in [5, 5.41) is 13.5. The van der Waals surface area contributed by atoms with Crippen LogP contribution in [-0.2, 0) is 11.3 Å². The minimum Gasteiger partial charge on any atom is -0.497 e. The van der Waals surface area contributed by atoms with Gasteiger partial charge in [-0.1, -0.05) is 24.3 Å². The highest BCUT2D eigenvalue weighted by Crippen LogP contribution is 2.23. The third-order valence-corrected chi connectivity index (χ3v) is 3.37. The molecule has 0 unspecified atom stereocenters. The highest BCUT2D eigenvalue weighted by molar-refractivity contribution is 5.94. The van der Waals surface area contributed by atoms with E-state index < -0.39 is 4.92 Å². The van der Waals surface area contributed by atoms with E-state index in [1.54, 1.807) is 26.3 Å². The molecule has 0 atom stereocenters. The minimum atomic E-state index is -0.518. The van der Waals surface area contributed by atoms with Crippen LogP contribution in [0.2, 0.25) is 0 Å². The fourth-order valence-electron chi connectivity index (χ4n) is 2.31. The molecule has 0 saturated heterocycles. The van der Waals surface area contributed by atoms with Gasteiger partial charge in [0.15, 0.2) is 0 Å². The lowest BCUT2D eigenvalue weighted by Gasteiger charge is -2.16. The van der Waals surface area contributed by atoms with Gasteiger partial charge in [0.2, 0.25) is 5.91 Å². The van der Waals surface area contributed by atoms with Crippen LogP contribution < -0.4 is 10.1 Å². The van der Waals surface area contributed by atoms with Crippen molar-refractivity contribution in [2.45, 2.75) is 6.54 Å². The normalized spacial score (nSPS) is 10.5. The number of likely N-dealkylation sites (N-methyl/N-ethyl adjacent to an activating group) is 1. The van der Waals surface area contributed by atoms with E-state index in [-0.39, 0.29) is 23.8 Å². The Balaban J connectivity index is 1.95. The van der Waals surface area contributed by atoms with E-state index in [1.807, 2.05) is 29.2 Å². The third-order valence-electron chi connectivity index (χ3n) is 3.37. The second-order valence-electron chi connectivity index (χ2n) is 5.35. The van der Waals surface area contributed by atoms with Crippen LogP contribution in [0.3, 0.4) is 0 Å². The van der Waals surface area contributed by atoms with E-state index in [4.69, 9.17) is 4.74 Å². The summed E-state index contributed by atoms with van der Waals surface area (Å²) < 4.78 is 5.17. The average Bonchev–Trinajstić information content (AvgIpc) is 2.55. The molecule has 0 aliphatic carbocycles. The van der Waals surface area contributed by atoms with Crippen LogP contribution in [0, 0.1) is 10.1 Å². The van der Waals surface area contributed by atoms with Gasteiger partial charge in [0.05, 0.1) is 18.6 Å². The maximum absolute atomic E-state index is 12.1. The summed E-state index contributed by atoms with van der Waals surface area (Å²) in [6.07, 6.45) is 0. The standard InChI is InChI=1S/C17H19N3O4/c1-19(11-13-6-5-7-14(10-13)24-2)12-17(21)18-15-8-3-4-9-16(15)20(22)23/h3-10H,11-12H2,1-2H3,(H,18,21). The van der Waals surface area contributed by atoms with Crippen molar-refractivity contribution in [3.05, 3.63) is 64.2 Å². The largest absolute Gasteiger partial charge is 0.497 e. The summed E-state index contributed by atoms with van der Waals surface area (Å²) in [6.45, 7) is 0.671. The van der Waals surface area contributed by atoms with Crippen LogP contribution in [0.1, 0.15) is 5.56 Å². The zero-order valence-corrected chi connectivity index (χ0v) is 13.6. The van der Waals surface area contributed by atoms with Gasteiger partial charge in [0, 0.05) is 12.6 Å². The Morgan fingerprint density at radius 2 is 2.00 bits per heavy atom. The van der Waals surface area contributed by atoms with Crippen molar-refractivity contribution in [2.24, 2.45) is 0 Å². The highest BCUT2D eigenvalue weighted by Gasteiger charge is 2.15. The van der Waals surface area contributed by atoms with Gasteiger partial charge in [-0.05, 0) is 30.8 Å². The number of ether oxygens (including phenoxy) is 1. The van der Waals surface area contributed by atoms with E-state index in [0.29, 0.717) is 6.54 Å². The lowest BCUT2D eigenvalue weighted by Crippen LogP contribution is -2.30. The molecule has 24 heavy (non-hydrogen) atoms. The molecule has 2 rings (SSSR count). The lowest BCUT2D eigenvalue weighted by molar-refractivity contribution is -0.383. The fraction of sp³-hybridized carbons (Fsp3) is 0.235. The smallest absolute Gasteiger partial charge is 0.292 e. The number of rotatable bonds is 7. The molecule has 0 aromatic heterocycles. The predicted molar refractivity (Wildman–Crippen MR) is 91.1 cm³/mol. The number of nitrogens with one attached hydrogen (secondary N) is 1. The highest BCUT2D eigenvalue weighted by atomic mass is 16.6. The summed E-state index contributed by atoms with van der Waals surface area (Å²) >= 11 is 0. The Hall–Kier alpha value is -2.93. The molecule has 0 fully saturated rings. The number of nitro groups is 1. The van der Waals surface area contributed by atoms with Crippen molar-refractivity contribution < 1.29 is 14.5 Å². The van der Waals surface area contributed by atoms with Crippen LogP contribution in [0.25, 0.3) is 0 Å². The van der Waals surface area contributed by atoms with E-state index in [9.17, 15) is 14.9 Å². The third kappa shape index (κ3) is 4.79. The van der Waals surface area contributed by atoms with E-state index in [0.717, 1.165) is 11.3 Å². The first-order valence-corrected chi connectivity index (χ1v) is 7.34. The minimum absolute atomic E-state index is 0.114. The predicted octanol–water partition coefficient (Wildman–Crippen LogP) is 2.67. The van der Waals surface area contributed by atoms with Crippen molar-refractivity contribution in [3.8, 4) is 5.75 Å². The van der Waals surface area contributed by atoms with Gasteiger partial charge in [-0.25, -0.2) is 0 Å². The second kappa shape index (κ2) is 8.07. The Morgan fingerprint density at radius 1 is 1.25 bits per heavy atom. The van der Waals surface area contributed by atoms with E-state index >= 15 is 0 Å². The van der Waals surface area contributed by atoms with Gasteiger partial charge in [0.25, 0.3) is 5.69 Å². The maximum Gasteiger partial charge on any atom is 0.292 e. The van der Waals surface area contributed by atoms with Crippen molar-refractivity contribution in [1.82, 2.24) is 4.90 Å². The molecule has 7 heteroatoms. The van der Waals surface area contributed by atoms with E-state index in [2.05, 4.69) is 5.32 Å². The topological polar surface area (TPSA) is 84.7 Å². The first-order valence-electron chi connectivity index (χ1n) is 7.34. The molecule has 0 radical (unpaired) electrons. The molecule has 0 spiro atoms. The number of carbonyl (C=O) groups excluding carboxylic acids is 1. The molecule has 0 heterocycles. The number of para-hydroxylation sites is 2. The number of nitrogens with zero attached hydrogens (tertiary/aromatic N) is 2. The number of benzene rings is 2. The van der Waals surface area contributed by atoms with Gasteiger partial charge in [-0.15, -0.1) is 0 Å². The van der Waals surface area contributed by atoms with Gasteiger partial charge in [-0.3, -0.25) is 19.8 Å². The summed E-state index contributed by atoms with van der Waals surface area (Å²) in [7, 11) is 3.40. The SMILES string of the molecule is COc1cccc(CN(C)CC(=O)Nc2ccccc2[N+](=O)[O-])c1. The van der Waals surface area contributed by atoms with Crippen molar-refractivity contribution >= 4 is 17.3 Å². The lowest BCUT2D eigenvalue weighted by atomic mass is 10.2. The van der Waals surface area contributed by atoms with Gasteiger partial charge in [-0.2, -0.15) is 0 Å². The van der Waals surface area contributed by atoms with Crippen LogP contribution in [0.5, 0.6) is 5.75 Å². The Bertz CT molecular complexity index is 733. The maximum atomic E-state index is 12.1. The number of anilines is 1. The number of hydrogen-bond donors (Lipinski definition) is 1. The Morgan fingerprint density at radius 3 is 2.71 bits per heavy atom. The molecular weight excluding hydrogens is 310 g/mol. The molecule has 2 aromatic rings. The van der Waals surface area contributed by atoms with Crippen molar-refractivity contribution in [3.63, 3.8) is 0 Å². The van der Waals surface area contributed by atoms with Crippen molar-refractivity contribution in [2.75, 3.05) is 26.0 Å².